The highest BCUT2D eigenvalue weighted by Gasteiger charge is 2.18. The average molecular weight is 373 g/mol. The Kier molecular flexibility index (Phi) is 7.24. The summed E-state index contributed by atoms with van der Waals surface area (Å²) in [5.41, 5.74) is 6.54. The zero-order valence-corrected chi connectivity index (χ0v) is 13.8. The normalized spacial score (nSPS) is 9.90. The maximum absolute atomic E-state index is 9.20. The molecule has 2 rings (SSSR count). The van der Waals surface area contributed by atoms with Gasteiger partial charge in [0.1, 0.15) is 10.0 Å². The van der Waals surface area contributed by atoms with Gasteiger partial charge in [-0.1, -0.05) is 88.3 Å². The van der Waals surface area contributed by atoms with Crippen LogP contribution < -0.4 is 5.73 Å². The summed E-state index contributed by atoms with van der Waals surface area (Å²) in [6.07, 6.45) is 0. The van der Waals surface area contributed by atoms with Crippen LogP contribution in [0.2, 0.25) is 25.1 Å². The standard InChI is InChI=1S/C7H9N.C6HCl5O/c8-6-7-4-2-1-3-5-7;7-1-2(8)4(10)6(12)5(11)3(1)9/h1-5H,6,8H2;12H. The third-order valence-electron chi connectivity index (χ3n) is 2.27. The fourth-order valence-electron chi connectivity index (χ4n) is 1.21. The second-order valence-corrected chi connectivity index (χ2v) is 5.50. The third kappa shape index (κ3) is 4.32. The van der Waals surface area contributed by atoms with Crippen molar-refractivity contribution in [3.63, 3.8) is 0 Å². The van der Waals surface area contributed by atoms with Crippen molar-refractivity contribution in [3.8, 4) is 5.75 Å². The van der Waals surface area contributed by atoms with E-state index < -0.39 is 0 Å². The van der Waals surface area contributed by atoms with E-state index >= 15 is 0 Å². The van der Waals surface area contributed by atoms with E-state index in [2.05, 4.69) is 0 Å². The van der Waals surface area contributed by atoms with Gasteiger partial charge in [-0.2, -0.15) is 0 Å². The quantitative estimate of drug-likeness (QED) is 0.490. The van der Waals surface area contributed by atoms with Gasteiger partial charge in [0, 0.05) is 6.54 Å². The summed E-state index contributed by atoms with van der Waals surface area (Å²) in [7, 11) is 0. The fraction of sp³-hybridized carbons (Fsp3) is 0.0769. The molecule has 2 aromatic carbocycles. The molecule has 0 radical (unpaired) electrons. The van der Waals surface area contributed by atoms with Crippen LogP contribution in [0, 0.1) is 0 Å². The van der Waals surface area contributed by atoms with Crippen molar-refractivity contribution in [1.82, 2.24) is 0 Å². The van der Waals surface area contributed by atoms with E-state index in [9.17, 15) is 5.11 Å². The first-order valence-corrected chi connectivity index (χ1v) is 7.23. The molecule has 0 heterocycles. The van der Waals surface area contributed by atoms with Crippen LogP contribution in [0.25, 0.3) is 0 Å². The molecule has 20 heavy (non-hydrogen) atoms. The molecule has 0 saturated carbocycles. The molecule has 108 valence electrons. The van der Waals surface area contributed by atoms with Crippen LogP contribution >= 0.6 is 58.0 Å². The third-order valence-corrected chi connectivity index (χ3v) is 4.52. The molecule has 7 heteroatoms. The summed E-state index contributed by atoms with van der Waals surface area (Å²) < 4.78 is 0. The Labute approximate surface area is 142 Å². The fourth-order valence-corrected chi connectivity index (χ4v) is 2.34. The van der Waals surface area contributed by atoms with Crippen molar-refractivity contribution in [2.45, 2.75) is 6.54 Å². The lowest BCUT2D eigenvalue weighted by Gasteiger charge is -2.06. The van der Waals surface area contributed by atoms with Crippen molar-refractivity contribution < 1.29 is 5.11 Å². The van der Waals surface area contributed by atoms with E-state index in [0.29, 0.717) is 6.54 Å². The predicted molar refractivity (Wildman–Crippen MR) is 87.5 cm³/mol. The van der Waals surface area contributed by atoms with Gasteiger partial charge in [-0.05, 0) is 5.56 Å². The van der Waals surface area contributed by atoms with E-state index in [4.69, 9.17) is 63.7 Å². The van der Waals surface area contributed by atoms with E-state index in [-0.39, 0.29) is 30.9 Å². The number of rotatable bonds is 1. The zero-order valence-electron chi connectivity index (χ0n) is 10.0. The number of aromatic hydroxyl groups is 1. The molecule has 0 aliphatic heterocycles. The topological polar surface area (TPSA) is 46.2 Å². The molecule has 2 aromatic rings. The molecule has 0 aliphatic carbocycles. The highest BCUT2D eigenvalue weighted by molar-refractivity contribution is 6.55. The average Bonchev–Trinajstić information content (AvgIpc) is 2.50. The van der Waals surface area contributed by atoms with Crippen LogP contribution in [0.1, 0.15) is 5.56 Å². The number of halogens is 5. The number of hydrogen-bond donors (Lipinski definition) is 2. The summed E-state index contributed by atoms with van der Waals surface area (Å²) in [5, 5.41) is 9.01. The minimum absolute atomic E-state index is 0.00904. The van der Waals surface area contributed by atoms with Gasteiger partial charge < -0.3 is 10.8 Å². The molecule has 0 atom stereocenters. The minimum atomic E-state index is -0.363. The maximum atomic E-state index is 9.20. The lowest BCUT2D eigenvalue weighted by molar-refractivity contribution is 0.476. The lowest BCUT2D eigenvalue weighted by Crippen LogP contribution is -1.94. The van der Waals surface area contributed by atoms with Crippen LogP contribution in [-0.4, -0.2) is 5.11 Å². The summed E-state index contributed by atoms with van der Waals surface area (Å²) >= 11 is 27.9. The molecule has 0 fully saturated rings. The monoisotopic (exact) mass is 371 g/mol. The van der Waals surface area contributed by atoms with Gasteiger partial charge in [0.25, 0.3) is 0 Å². The smallest absolute Gasteiger partial charge is 0.155 e. The van der Waals surface area contributed by atoms with Crippen LogP contribution in [0.5, 0.6) is 5.75 Å². The number of nitrogens with two attached hydrogens (primary N) is 1. The summed E-state index contributed by atoms with van der Waals surface area (Å²) in [6, 6.07) is 9.99. The molecule has 0 aliphatic rings. The van der Waals surface area contributed by atoms with Crippen molar-refractivity contribution in [2.24, 2.45) is 5.73 Å². The van der Waals surface area contributed by atoms with Crippen molar-refractivity contribution in [1.29, 1.82) is 0 Å². The van der Waals surface area contributed by atoms with Crippen molar-refractivity contribution >= 4 is 58.0 Å². The second kappa shape index (κ2) is 8.18. The van der Waals surface area contributed by atoms with E-state index in [1.54, 1.807) is 0 Å². The SMILES string of the molecule is NCc1ccccc1.Oc1c(Cl)c(Cl)c(Cl)c(Cl)c1Cl. The minimum Gasteiger partial charge on any atom is -0.505 e. The van der Waals surface area contributed by atoms with Gasteiger partial charge in [0.05, 0.1) is 15.1 Å². The molecule has 0 amide bonds. The molecule has 0 bridgehead atoms. The summed E-state index contributed by atoms with van der Waals surface area (Å²) in [5.74, 6) is -0.363. The maximum Gasteiger partial charge on any atom is 0.155 e. The molecule has 2 nitrogen and oxygen atoms in total. The Morgan fingerprint density at radius 3 is 1.50 bits per heavy atom. The second-order valence-electron chi connectivity index (χ2n) is 3.61. The van der Waals surface area contributed by atoms with Crippen LogP contribution in [0.3, 0.4) is 0 Å². The van der Waals surface area contributed by atoms with Gasteiger partial charge in [0.15, 0.2) is 5.75 Å². The lowest BCUT2D eigenvalue weighted by atomic mass is 10.2. The van der Waals surface area contributed by atoms with E-state index in [0.717, 1.165) is 0 Å². The van der Waals surface area contributed by atoms with Crippen LogP contribution in [0.4, 0.5) is 0 Å². The molecule has 3 N–H and O–H groups in total. The predicted octanol–water partition coefficient (Wildman–Crippen LogP) is 5.80. The highest BCUT2D eigenvalue weighted by atomic mass is 35.5. The van der Waals surface area contributed by atoms with E-state index in [1.165, 1.54) is 5.56 Å². The summed E-state index contributed by atoms with van der Waals surface area (Å²) in [6.45, 7) is 0.640. The van der Waals surface area contributed by atoms with Crippen LogP contribution in [-0.2, 0) is 6.54 Å². The first-order valence-electron chi connectivity index (χ1n) is 5.34. The Hall–Kier alpha value is -0.350. The van der Waals surface area contributed by atoms with Gasteiger partial charge >= 0.3 is 0 Å². The molecular formula is C13H10Cl5NO. The van der Waals surface area contributed by atoms with Gasteiger partial charge in [-0.15, -0.1) is 0 Å². The largest absolute Gasteiger partial charge is 0.505 e. The van der Waals surface area contributed by atoms with Crippen molar-refractivity contribution in [3.05, 3.63) is 61.0 Å². The highest BCUT2D eigenvalue weighted by Crippen LogP contribution is 2.47. The van der Waals surface area contributed by atoms with Gasteiger partial charge in [-0.3, -0.25) is 0 Å². The Morgan fingerprint density at radius 1 is 0.750 bits per heavy atom. The molecule has 0 unspecified atom stereocenters. The number of phenolic OH excluding ortho intramolecular Hbond substituents is 1. The number of phenols is 1. The summed E-state index contributed by atoms with van der Waals surface area (Å²) in [4.78, 5) is 0. The number of hydrogen-bond acceptors (Lipinski definition) is 2. The van der Waals surface area contributed by atoms with Crippen LogP contribution in [0.15, 0.2) is 30.3 Å². The molecule has 0 aromatic heterocycles. The van der Waals surface area contributed by atoms with Gasteiger partial charge in [-0.25, -0.2) is 0 Å². The van der Waals surface area contributed by atoms with Crippen molar-refractivity contribution in [2.75, 3.05) is 0 Å². The Morgan fingerprint density at radius 2 is 1.15 bits per heavy atom. The van der Waals surface area contributed by atoms with E-state index in [1.807, 2.05) is 30.3 Å². The number of benzene rings is 2. The first-order chi connectivity index (χ1) is 9.40. The molecule has 0 saturated heterocycles. The molecular weight excluding hydrogens is 363 g/mol. The first kappa shape index (κ1) is 17.7. The zero-order chi connectivity index (χ0) is 15.3. The molecule has 0 spiro atoms. The van der Waals surface area contributed by atoms with Gasteiger partial charge in [0.2, 0.25) is 0 Å². The Balaban J connectivity index is 0.000000217. The Bertz CT molecular complexity index is 484.